The standard InChI is InChI=1S/C21H30N2O6/c1-8-16-13(5)12(4)14(6)19(24)10(2)9-11(3)20(25)15(7)17(22-27)18(23-28)21(26)29-16/h10-11,13,15-18H,4,6,8-9H2,1-3,5,7H3/t10-,11+,13-,15+,16-,17+,18?/m1/s1. The van der Waals surface area contributed by atoms with Gasteiger partial charge in [0, 0.05) is 29.2 Å². The largest absolute Gasteiger partial charge is 0.460 e. The summed E-state index contributed by atoms with van der Waals surface area (Å²) in [4.78, 5) is 60.9. The first-order chi connectivity index (χ1) is 13.5. The fourth-order valence-electron chi connectivity index (χ4n) is 3.75. The van der Waals surface area contributed by atoms with Gasteiger partial charge in [0.05, 0.1) is 0 Å². The molecule has 29 heavy (non-hydrogen) atoms. The summed E-state index contributed by atoms with van der Waals surface area (Å²) in [5, 5.41) is 5.60. The molecule has 1 aliphatic heterocycles. The molecule has 160 valence electrons. The molecule has 0 amide bonds. The van der Waals surface area contributed by atoms with Crippen molar-refractivity contribution in [3.63, 3.8) is 0 Å². The second kappa shape index (κ2) is 10.3. The van der Waals surface area contributed by atoms with Crippen molar-refractivity contribution in [1.29, 1.82) is 0 Å². The highest BCUT2D eigenvalue weighted by molar-refractivity contribution is 6.00. The molecular weight excluding hydrogens is 376 g/mol. The number of carbonyl (C=O) groups excluding carboxylic acids is 3. The van der Waals surface area contributed by atoms with Crippen molar-refractivity contribution in [3.8, 4) is 0 Å². The molecule has 1 saturated heterocycles. The van der Waals surface area contributed by atoms with E-state index in [4.69, 9.17) is 4.74 Å². The molecule has 7 atom stereocenters. The SMILES string of the molecule is C=C1C(=C)[C@@H](C)[C@@H](CC)OC(=O)C(N=O)[C@@H](N=O)[C@H](C)C(=O)[C@@H](C)C[C@@H](C)C1=O. The van der Waals surface area contributed by atoms with E-state index >= 15 is 0 Å². The van der Waals surface area contributed by atoms with Gasteiger partial charge in [0.25, 0.3) is 0 Å². The van der Waals surface area contributed by atoms with E-state index in [1.807, 2.05) is 0 Å². The van der Waals surface area contributed by atoms with Crippen LogP contribution in [0.3, 0.4) is 0 Å². The van der Waals surface area contributed by atoms with Crippen LogP contribution >= 0.6 is 0 Å². The summed E-state index contributed by atoms with van der Waals surface area (Å²) < 4.78 is 5.43. The Morgan fingerprint density at radius 1 is 0.966 bits per heavy atom. The lowest BCUT2D eigenvalue weighted by molar-refractivity contribution is -0.153. The third-order valence-electron chi connectivity index (χ3n) is 5.86. The summed E-state index contributed by atoms with van der Waals surface area (Å²) in [7, 11) is 0. The topological polar surface area (TPSA) is 119 Å². The van der Waals surface area contributed by atoms with Crippen molar-refractivity contribution in [2.45, 2.75) is 65.6 Å². The average Bonchev–Trinajstić information content (AvgIpc) is 2.71. The van der Waals surface area contributed by atoms with Crippen LogP contribution < -0.4 is 0 Å². The predicted octanol–water partition coefficient (Wildman–Crippen LogP) is 3.78. The van der Waals surface area contributed by atoms with Gasteiger partial charge in [-0.05, 0) is 18.4 Å². The highest BCUT2D eigenvalue weighted by Crippen LogP contribution is 2.30. The van der Waals surface area contributed by atoms with Gasteiger partial charge in [-0.15, -0.1) is 4.91 Å². The Hall–Kier alpha value is -2.51. The van der Waals surface area contributed by atoms with Gasteiger partial charge < -0.3 is 4.74 Å². The highest BCUT2D eigenvalue weighted by Gasteiger charge is 2.42. The molecule has 1 unspecified atom stereocenters. The number of esters is 1. The number of hydrogen-bond acceptors (Lipinski definition) is 8. The molecule has 1 heterocycles. The predicted molar refractivity (Wildman–Crippen MR) is 109 cm³/mol. The molecule has 0 aromatic carbocycles. The van der Waals surface area contributed by atoms with Crippen LogP contribution in [0.15, 0.2) is 34.7 Å². The molecule has 0 aromatic heterocycles. The van der Waals surface area contributed by atoms with E-state index in [1.165, 1.54) is 6.92 Å². The molecular formula is C21H30N2O6. The Labute approximate surface area is 171 Å². The van der Waals surface area contributed by atoms with E-state index < -0.39 is 47.8 Å². The molecule has 0 aliphatic carbocycles. The lowest BCUT2D eigenvalue weighted by Crippen LogP contribution is -2.43. The minimum absolute atomic E-state index is 0.224. The molecule has 0 saturated carbocycles. The third-order valence-corrected chi connectivity index (χ3v) is 5.86. The Morgan fingerprint density at radius 3 is 2.03 bits per heavy atom. The number of nitroso groups, excluding NO2 is 2. The van der Waals surface area contributed by atoms with Crippen LogP contribution in [-0.2, 0) is 19.1 Å². The quantitative estimate of drug-likeness (QED) is 0.400. The van der Waals surface area contributed by atoms with Crippen molar-refractivity contribution >= 4 is 17.5 Å². The van der Waals surface area contributed by atoms with Gasteiger partial charge in [-0.1, -0.05) is 58.1 Å². The second-order valence-electron chi connectivity index (χ2n) is 7.92. The zero-order valence-electron chi connectivity index (χ0n) is 17.7. The number of rotatable bonds is 3. The van der Waals surface area contributed by atoms with Crippen molar-refractivity contribution in [2.24, 2.45) is 34.0 Å². The molecule has 0 spiro atoms. The van der Waals surface area contributed by atoms with Gasteiger partial charge in [0.2, 0.25) is 6.04 Å². The van der Waals surface area contributed by atoms with E-state index in [-0.39, 0.29) is 23.6 Å². The number of allylic oxidation sites excluding steroid dienone is 1. The minimum Gasteiger partial charge on any atom is -0.460 e. The minimum atomic E-state index is -1.72. The molecule has 0 radical (unpaired) electrons. The van der Waals surface area contributed by atoms with Crippen LogP contribution in [-0.4, -0.2) is 35.7 Å². The second-order valence-corrected chi connectivity index (χ2v) is 7.92. The molecule has 8 nitrogen and oxygen atoms in total. The first kappa shape index (κ1) is 24.5. The summed E-state index contributed by atoms with van der Waals surface area (Å²) in [6.07, 6.45) is -0.104. The zero-order chi connectivity index (χ0) is 22.5. The van der Waals surface area contributed by atoms with Crippen molar-refractivity contribution in [1.82, 2.24) is 0 Å². The van der Waals surface area contributed by atoms with Crippen molar-refractivity contribution < 1.29 is 19.1 Å². The lowest BCUT2D eigenvalue weighted by Gasteiger charge is -2.29. The maximum atomic E-state index is 12.8. The Bertz CT molecular complexity index is 716. The van der Waals surface area contributed by atoms with E-state index in [1.54, 1.807) is 27.7 Å². The Kier molecular flexibility index (Phi) is 8.73. The lowest BCUT2D eigenvalue weighted by atomic mass is 9.79. The molecule has 1 aliphatic rings. The van der Waals surface area contributed by atoms with E-state index in [2.05, 4.69) is 23.5 Å². The van der Waals surface area contributed by atoms with Gasteiger partial charge >= 0.3 is 5.97 Å². The van der Waals surface area contributed by atoms with Gasteiger partial charge in [-0.2, -0.15) is 4.91 Å². The molecule has 0 aromatic rings. The molecule has 1 rings (SSSR count). The third kappa shape index (κ3) is 5.31. The number of ether oxygens (including phenoxy) is 1. The maximum Gasteiger partial charge on any atom is 0.337 e. The van der Waals surface area contributed by atoms with Gasteiger partial charge in [-0.25, -0.2) is 4.79 Å². The highest BCUT2D eigenvalue weighted by atomic mass is 16.5. The molecule has 0 bridgehead atoms. The summed E-state index contributed by atoms with van der Waals surface area (Å²) in [6, 6.07) is -3.20. The fraction of sp³-hybridized carbons (Fsp3) is 0.667. The molecule has 0 N–H and O–H groups in total. The summed E-state index contributed by atoms with van der Waals surface area (Å²) >= 11 is 0. The average molecular weight is 406 g/mol. The number of cyclic esters (lactones) is 1. The number of ketones is 2. The monoisotopic (exact) mass is 406 g/mol. The van der Waals surface area contributed by atoms with Crippen molar-refractivity contribution in [2.75, 3.05) is 0 Å². The number of carbonyl (C=O) groups is 3. The van der Waals surface area contributed by atoms with Crippen LogP contribution in [0.2, 0.25) is 0 Å². The van der Waals surface area contributed by atoms with E-state index in [9.17, 15) is 24.2 Å². The molecule has 8 heteroatoms. The first-order valence-corrected chi connectivity index (χ1v) is 9.83. The number of nitrogens with zero attached hydrogens (tertiary/aromatic N) is 2. The summed E-state index contributed by atoms with van der Waals surface area (Å²) in [5.74, 6) is -4.19. The van der Waals surface area contributed by atoms with Gasteiger partial charge in [0.15, 0.2) is 5.78 Å². The Morgan fingerprint density at radius 2 is 1.55 bits per heavy atom. The van der Waals surface area contributed by atoms with Crippen LogP contribution in [0.4, 0.5) is 0 Å². The van der Waals surface area contributed by atoms with Crippen LogP contribution in [0.25, 0.3) is 0 Å². The van der Waals surface area contributed by atoms with Crippen LogP contribution in [0, 0.1) is 33.5 Å². The van der Waals surface area contributed by atoms with Crippen LogP contribution in [0.5, 0.6) is 0 Å². The number of Topliss-reactive ketones (excluding diaryl/α,β-unsaturated/α-hetero) is 2. The van der Waals surface area contributed by atoms with Crippen molar-refractivity contribution in [3.05, 3.63) is 34.1 Å². The van der Waals surface area contributed by atoms with E-state index in [0.717, 1.165) is 0 Å². The van der Waals surface area contributed by atoms with E-state index in [0.29, 0.717) is 12.0 Å². The number of hydrogen-bond donors (Lipinski definition) is 0. The van der Waals surface area contributed by atoms with Crippen LogP contribution in [0.1, 0.15) is 47.5 Å². The van der Waals surface area contributed by atoms with Gasteiger partial charge in [-0.3, -0.25) is 9.59 Å². The smallest absolute Gasteiger partial charge is 0.337 e. The maximum absolute atomic E-state index is 12.8. The summed E-state index contributed by atoms with van der Waals surface area (Å²) in [5.41, 5.74) is 0.647. The fourth-order valence-corrected chi connectivity index (χ4v) is 3.75. The summed E-state index contributed by atoms with van der Waals surface area (Å²) in [6.45, 7) is 16.1. The first-order valence-electron chi connectivity index (χ1n) is 9.83. The molecule has 1 fully saturated rings. The Balaban J connectivity index is 3.44. The normalized spacial score (nSPS) is 35.6. The zero-order valence-corrected chi connectivity index (χ0v) is 17.7. The van der Waals surface area contributed by atoms with Gasteiger partial charge in [0.1, 0.15) is 17.9 Å².